The quantitative estimate of drug-likeness (QED) is 0.227. The highest BCUT2D eigenvalue weighted by Crippen LogP contribution is 2.22. The number of hydrogen-bond acceptors (Lipinski definition) is 5. The molecule has 2 heterocycles. The van der Waals surface area contributed by atoms with Gasteiger partial charge in [0.05, 0.1) is 30.0 Å². The van der Waals surface area contributed by atoms with Crippen molar-refractivity contribution >= 4 is 23.0 Å². The van der Waals surface area contributed by atoms with Crippen LogP contribution in [0.1, 0.15) is 54.9 Å². The lowest BCUT2D eigenvalue weighted by atomic mass is 10.0. The summed E-state index contributed by atoms with van der Waals surface area (Å²) in [6.45, 7) is 10.4. The number of fused-ring (bicyclic) bond motifs is 1. The summed E-state index contributed by atoms with van der Waals surface area (Å²) in [5, 5.41) is 3.10. The van der Waals surface area contributed by atoms with Crippen molar-refractivity contribution in [1.29, 1.82) is 0 Å². The van der Waals surface area contributed by atoms with Gasteiger partial charge < -0.3 is 19.2 Å². The lowest BCUT2D eigenvalue weighted by Gasteiger charge is -2.22. The van der Waals surface area contributed by atoms with Crippen molar-refractivity contribution in [3.05, 3.63) is 125 Å². The van der Waals surface area contributed by atoms with Crippen molar-refractivity contribution in [3.8, 4) is 0 Å². The van der Waals surface area contributed by atoms with E-state index in [-0.39, 0.29) is 18.4 Å². The van der Waals surface area contributed by atoms with Gasteiger partial charge in [0.2, 0.25) is 11.5 Å². The maximum Gasteiger partial charge on any atom is 0.437 e. The zero-order valence-electron chi connectivity index (χ0n) is 26.5. The molecule has 9 nitrogen and oxygen atoms in total. The Morgan fingerprint density at radius 1 is 0.844 bits per heavy atom. The van der Waals surface area contributed by atoms with Crippen molar-refractivity contribution in [2.75, 3.05) is 6.54 Å². The molecule has 232 valence electrons. The smallest absolute Gasteiger partial charge is 0.437 e. The number of aromatic nitrogens is 4. The fourth-order valence-corrected chi connectivity index (χ4v) is 5.22. The molecule has 0 spiro atoms. The number of ether oxygens (including phenoxy) is 1. The number of carbonyl (C=O) groups is 2. The van der Waals surface area contributed by atoms with Crippen molar-refractivity contribution < 1.29 is 14.3 Å². The van der Waals surface area contributed by atoms with Crippen molar-refractivity contribution in [2.45, 2.75) is 65.6 Å². The summed E-state index contributed by atoms with van der Waals surface area (Å²) >= 11 is 0. The van der Waals surface area contributed by atoms with Gasteiger partial charge in [0, 0.05) is 18.9 Å². The molecule has 5 rings (SSSR count). The Morgan fingerprint density at radius 3 is 2.07 bits per heavy atom. The molecule has 0 aliphatic heterocycles. The molecule has 0 saturated heterocycles. The van der Waals surface area contributed by atoms with Crippen molar-refractivity contribution in [2.24, 2.45) is 4.99 Å². The lowest BCUT2D eigenvalue weighted by molar-refractivity contribution is -0.120. The largest absolute Gasteiger partial charge is 0.442 e. The topological polar surface area (TPSA) is 103 Å². The highest BCUT2D eigenvalue weighted by Gasteiger charge is 2.23. The normalized spacial score (nSPS) is 12.7. The molecule has 3 aromatic carbocycles. The molecule has 0 fully saturated rings. The maximum atomic E-state index is 13.3. The van der Waals surface area contributed by atoms with Gasteiger partial charge in [0.25, 0.3) is 0 Å². The second-order valence-electron chi connectivity index (χ2n) is 12.3. The Morgan fingerprint density at radius 2 is 1.44 bits per heavy atom. The number of aryl methyl sites for hydroxylation is 2. The van der Waals surface area contributed by atoms with Crippen LogP contribution < -0.4 is 10.9 Å². The minimum atomic E-state index is -0.714. The van der Waals surface area contributed by atoms with Crippen LogP contribution in [-0.4, -0.2) is 43.2 Å². The van der Waals surface area contributed by atoms with Crippen LogP contribution in [0, 0.1) is 13.8 Å². The van der Waals surface area contributed by atoms with Crippen LogP contribution in [0.5, 0.6) is 0 Å². The van der Waals surface area contributed by atoms with E-state index in [1.807, 2.05) is 49.6 Å². The van der Waals surface area contributed by atoms with E-state index < -0.39 is 11.7 Å². The molecule has 0 aliphatic carbocycles. The van der Waals surface area contributed by atoms with Gasteiger partial charge in [-0.15, -0.1) is 4.99 Å². The monoisotopic (exact) mass is 604 g/mol. The second-order valence-corrected chi connectivity index (χ2v) is 12.3. The minimum Gasteiger partial charge on any atom is -0.442 e. The number of amides is 2. The molecule has 9 heteroatoms. The summed E-state index contributed by atoms with van der Waals surface area (Å²) in [7, 11) is 0. The summed E-state index contributed by atoms with van der Waals surface area (Å²) < 4.78 is 9.78. The van der Waals surface area contributed by atoms with Gasteiger partial charge in [-0.25, -0.2) is 14.8 Å². The lowest BCUT2D eigenvalue weighted by Crippen LogP contribution is -2.38. The third-order valence-corrected chi connectivity index (χ3v) is 7.36. The molecule has 1 atom stereocenters. The molecule has 5 aromatic rings. The van der Waals surface area contributed by atoms with Gasteiger partial charge in [-0.1, -0.05) is 71.8 Å². The number of para-hydroxylation sites is 2. The summed E-state index contributed by atoms with van der Waals surface area (Å²) in [6.07, 6.45) is 3.22. The van der Waals surface area contributed by atoms with Gasteiger partial charge in [0.15, 0.2) is 0 Å². The van der Waals surface area contributed by atoms with Crippen LogP contribution >= 0.6 is 0 Å². The summed E-state index contributed by atoms with van der Waals surface area (Å²) in [5.41, 5.74) is 6.03. The molecule has 2 amide bonds. The first kappa shape index (κ1) is 31.4. The molecule has 0 radical (unpaired) electrons. The first-order valence-electron chi connectivity index (χ1n) is 15.2. The first-order chi connectivity index (χ1) is 21.6. The van der Waals surface area contributed by atoms with E-state index in [0.29, 0.717) is 31.0 Å². The second kappa shape index (κ2) is 13.7. The molecule has 45 heavy (non-hydrogen) atoms. The zero-order valence-corrected chi connectivity index (χ0v) is 26.5. The molecular weight excluding hydrogens is 564 g/mol. The molecule has 1 N–H and O–H groups in total. The Bertz CT molecular complexity index is 1830. The Hall–Kier alpha value is -5.05. The van der Waals surface area contributed by atoms with Gasteiger partial charge in [-0.2, -0.15) is 0 Å². The van der Waals surface area contributed by atoms with Gasteiger partial charge in [-0.3, -0.25) is 4.79 Å². The van der Waals surface area contributed by atoms with Crippen LogP contribution in [0.3, 0.4) is 0 Å². The average molecular weight is 605 g/mol. The predicted molar refractivity (Wildman–Crippen MR) is 175 cm³/mol. The van der Waals surface area contributed by atoms with Gasteiger partial charge in [-0.05, 0) is 70.4 Å². The molecule has 0 bridgehead atoms. The summed E-state index contributed by atoms with van der Waals surface area (Å²) in [5.74, 6) is 0.262. The fraction of sp³-hybridized carbons (Fsp3) is 0.306. The van der Waals surface area contributed by atoms with E-state index >= 15 is 0 Å². The Labute approximate surface area is 263 Å². The van der Waals surface area contributed by atoms with E-state index in [2.05, 4.69) is 87.2 Å². The van der Waals surface area contributed by atoms with E-state index in [0.717, 1.165) is 27.7 Å². The maximum absolute atomic E-state index is 13.3. The zero-order chi connectivity index (χ0) is 32.0. The number of rotatable bonds is 9. The van der Waals surface area contributed by atoms with E-state index in [9.17, 15) is 9.59 Å². The SMILES string of the molecule is Cc1ccc(CC(CNC(=O)Cc2ncccn2)n2c(=NC(=O)OC(C)(C)C)n(Cc3ccc(C)cc3)c3ccccc32)cc1. The van der Waals surface area contributed by atoms with Gasteiger partial charge in [0.1, 0.15) is 11.4 Å². The Kier molecular flexibility index (Phi) is 9.56. The fourth-order valence-electron chi connectivity index (χ4n) is 5.22. The molecular formula is C36H40N6O3. The van der Waals surface area contributed by atoms with Crippen LogP contribution in [-0.2, 0) is 28.9 Å². The highest BCUT2D eigenvalue weighted by molar-refractivity contribution is 5.78. The number of nitrogens with zero attached hydrogens (tertiary/aromatic N) is 5. The minimum absolute atomic E-state index is 0.0626. The van der Waals surface area contributed by atoms with Crippen LogP contribution in [0.4, 0.5) is 4.79 Å². The van der Waals surface area contributed by atoms with Crippen LogP contribution in [0.25, 0.3) is 11.0 Å². The predicted octanol–water partition coefficient (Wildman–Crippen LogP) is 5.88. The standard InChI is InChI=1S/C36H40N6O3/c1-25-11-15-27(16-12-25)21-29(23-39-33(43)22-32-37-19-8-20-38-32)42-31-10-7-6-9-30(31)41(24-28-17-13-26(2)14-18-28)34(42)40-35(44)45-36(3,4)5/h6-20,29H,21-24H2,1-5H3,(H,39,43). The van der Waals surface area contributed by atoms with E-state index in [1.165, 1.54) is 5.56 Å². The average Bonchev–Trinajstić information content (AvgIpc) is 3.29. The molecule has 0 aliphatic rings. The van der Waals surface area contributed by atoms with Crippen molar-refractivity contribution in [3.63, 3.8) is 0 Å². The first-order valence-corrected chi connectivity index (χ1v) is 15.2. The number of imidazole rings is 1. The van der Waals surface area contributed by atoms with Crippen LogP contribution in [0.2, 0.25) is 0 Å². The van der Waals surface area contributed by atoms with Crippen LogP contribution in [0.15, 0.2) is 96.2 Å². The third kappa shape index (κ3) is 8.32. The number of nitrogens with one attached hydrogen (secondary N) is 1. The van der Waals surface area contributed by atoms with E-state index in [4.69, 9.17) is 4.74 Å². The molecule has 1 unspecified atom stereocenters. The Balaban J connectivity index is 1.64. The third-order valence-electron chi connectivity index (χ3n) is 7.36. The van der Waals surface area contributed by atoms with E-state index in [1.54, 1.807) is 18.5 Å². The molecule has 2 aromatic heterocycles. The van der Waals surface area contributed by atoms with Crippen molar-refractivity contribution in [1.82, 2.24) is 24.4 Å². The number of hydrogen-bond donors (Lipinski definition) is 1. The molecule has 0 saturated carbocycles. The number of carbonyl (C=O) groups excluding carboxylic acids is 2. The number of benzene rings is 3. The highest BCUT2D eigenvalue weighted by atomic mass is 16.6. The summed E-state index contributed by atoms with van der Waals surface area (Å²) in [4.78, 5) is 39.4. The van der Waals surface area contributed by atoms with Gasteiger partial charge >= 0.3 is 6.09 Å². The summed E-state index contributed by atoms with van der Waals surface area (Å²) in [6, 6.07) is 26.1.